The predicted molar refractivity (Wildman–Crippen MR) is 94.1 cm³/mol. The van der Waals surface area contributed by atoms with Crippen molar-refractivity contribution in [1.29, 1.82) is 0 Å². The van der Waals surface area contributed by atoms with Gasteiger partial charge in [-0.25, -0.2) is 4.39 Å². The highest BCUT2D eigenvalue weighted by Gasteiger charge is 2.17. The Labute approximate surface area is 139 Å². The molecule has 2 N–H and O–H groups in total. The van der Waals surface area contributed by atoms with Crippen LogP contribution in [0.4, 0.5) is 4.39 Å². The van der Waals surface area contributed by atoms with Crippen molar-refractivity contribution >= 4 is 5.96 Å². The zero-order valence-electron chi connectivity index (χ0n) is 14.3. The van der Waals surface area contributed by atoms with Gasteiger partial charge >= 0.3 is 0 Å². The van der Waals surface area contributed by atoms with Crippen LogP contribution in [-0.2, 0) is 6.54 Å². The third-order valence-corrected chi connectivity index (χ3v) is 4.60. The molecule has 1 aliphatic heterocycles. The highest BCUT2D eigenvalue weighted by Crippen LogP contribution is 2.19. The highest BCUT2D eigenvalue weighted by molar-refractivity contribution is 5.79. The predicted octanol–water partition coefficient (Wildman–Crippen LogP) is 2.61. The van der Waals surface area contributed by atoms with Gasteiger partial charge in [0, 0.05) is 20.1 Å². The van der Waals surface area contributed by atoms with Crippen LogP contribution in [0.25, 0.3) is 0 Å². The molecular formula is C18H29FN4. The first-order chi connectivity index (χ1) is 11.2. The molecule has 0 radical (unpaired) electrons. The number of hydrogen-bond donors (Lipinski definition) is 2. The molecule has 0 aromatic heterocycles. The van der Waals surface area contributed by atoms with E-state index in [1.807, 2.05) is 0 Å². The fraction of sp³-hybridized carbons (Fsp3) is 0.611. The highest BCUT2D eigenvalue weighted by atomic mass is 19.1. The molecule has 1 aromatic carbocycles. The van der Waals surface area contributed by atoms with Gasteiger partial charge in [-0.05, 0) is 62.5 Å². The summed E-state index contributed by atoms with van der Waals surface area (Å²) in [4.78, 5) is 6.76. The summed E-state index contributed by atoms with van der Waals surface area (Å²) in [5.74, 6) is 1.42. The number of nitrogens with zero attached hydrogens (tertiary/aromatic N) is 2. The summed E-state index contributed by atoms with van der Waals surface area (Å²) in [6.07, 6.45) is 3.79. The molecule has 1 fully saturated rings. The van der Waals surface area contributed by atoms with E-state index in [1.54, 1.807) is 19.2 Å². The zero-order chi connectivity index (χ0) is 16.5. The van der Waals surface area contributed by atoms with Crippen LogP contribution in [0.5, 0.6) is 0 Å². The van der Waals surface area contributed by atoms with Crippen molar-refractivity contribution < 1.29 is 4.39 Å². The van der Waals surface area contributed by atoms with Gasteiger partial charge in [0.2, 0.25) is 0 Å². The molecule has 1 aromatic rings. The molecule has 0 amide bonds. The number of likely N-dealkylation sites (tertiary alicyclic amines) is 1. The normalized spacial score (nSPS) is 17.3. The molecule has 0 atom stereocenters. The molecule has 0 saturated carbocycles. The summed E-state index contributed by atoms with van der Waals surface area (Å²) in [6, 6.07) is 6.54. The van der Waals surface area contributed by atoms with Crippen molar-refractivity contribution in [3.05, 3.63) is 35.6 Å². The quantitative estimate of drug-likeness (QED) is 0.625. The van der Waals surface area contributed by atoms with Crippen molar-refractivity contribution in [2.24, 2.45) is 10.9 Å². The number of aliphatic imine (C=N–C) groups is 1. The van der Waals surface area contributed by atoms with E-state index >= 15 is 0 Å². The zero-order valence-corrected chi connectivity index (χ0v) is 14.3. The van der Waals surface area contributed by atoms with E-state index in [0.717, 1.165) is 24.0 Å². The topological polar surface area (TPSA) is 39.7 Å². The fourth-order valence-electron chi connectivity index (χ4n) is 2.99. The Balaban J connectivity index is 1.64. The molecule has 0 aliphatic carbocycles. The van der Waals surface area contributed by atoms with Gasteiger partial charge in [0.1, 0.15) is 5.82 Å². The molecular weight excluding hydrogens is 291 g/mol. The summed E-state index contributed by atoms with van der Waals surface area (Å²) in [5.41, 5.74) is 1.04. The lowest BCUT2D eigenvalue weighted by Crippen LogP contribution is -2.39. The van der Waals surface area contributed by atoms with Crippen molar-refractivity contribution in [2.75, 3.05) is 33.2 Å². The van der Waals surface area contributed by atoms with Gasteiger partial charge in [-0.1, -0.05) is 19.1 Å². The lowest BCUT2D eigenvalue weighted by molar-refractivity contribution is 0.187. The third kappa shape index (κ3) is 6.18. The number of rotatable bonds is 6. The number of benzene rings is 1. The van der Waals surface area contributed by atoms with E-state index in [4.69, 9.17) is 0 Å². The average molecular weight is 320 g/mol. The number of nitrogens with one attached hydrogen (secondary N) is 2. The van der Waals surface area contributed by atoms with Gasteiger partial charge in [-0.15, -0.1) is 0 Å². The number of hydrogen-bond acceptors (Lipinski definition) is 2. The summed E-state index contributed by atoms with van der Waals surface area (Å²) >= 11 is 0. The molecule has 128 valence electrons. The molecule has 1 saturated heterocycles. The molecule has 1 aliphatic rings. The van der Waals surface area contributed by atoms with E-state index in [9.17, 15) is 4.39 Å². The third-order valence-electron chi connectivity index (χ3n) is 4.60. The SMILES string of the molecule is CCN1CCC(CCNC(=NC)NCc2ccc(F)cc2)CC1. The molecule has 0 spiro atoms. The number of guanidine groups is 1. The maximum atomic E-state index is 12.9. The Bertz CT molecular complexity index is 478. The van der Waals surface area contributed by atoms with E-state index in [0.29, 0.717) is 6.54 Å². The molecule has 4 nitrogen and oxygen atoms in total. The first-order valence-corrected chi connectivity index (χ1v) is 8.62. The van der Waals surface area contributed by atoms with Gasteiger partial charge in [-0.3, -0.25) is 4.99 Å². The lowest BCUT2D eigenvalue weighted by atomic mass is 9.93. The van der Waals surface area contributed by atoms with Crippen molar-refractivity contribution in [2.45, 2.75) is 32.7 Å². The second-order valence-electron chi connectivity index (χ2n) is 6.15. The van der Waals surface area contributed by atoms with Crippen molar-refractivity contribution in [3.63, 3.8) is 0 Å². The van der Waals surface area contributed by atoms with Crippen LogP contribution in [-0.4, -0.2) is 44.1 Å². The number of piperidine rings is 1. The molecule has 2 rings (SSSR count). The van der Waals surface area contributed by atoms with Gasteiger partial charge in [0.25, 0.3) is 0 Å². The second-order valence-corrected chi connectivity index (χ2v) is 6.15. The Morgan fingerprint density at radius 2 is 1.91 bits per heavy atom. The Morgan fingerprint density at radius 3 is 2.52 bits per heavy atom. The monoisotopic (exact) mass is 320 g/mol. The van der Waals surface area contributed by atoms with Crippen LogP contribution in [0, 0.1) is 11.7 Å². The number of halogens is 1. The Kier molecular flexibility index (Phi) is 7.33. The average Bonchev–Trinajstić information content (AvgIpc) is 2.60. The fourth-order valence-corrected chi connectivity index (χ4v) is 2.99. The molecule has 0 unspecified atom stereocenters. The first-order valence-electron chi connectivity index (χ1n) is 8.62. The van der Waals surface area contributed by atoms with Crippen LogP contribution in [0.2, 0.25) is 0 Å². The summed E-state index contributed by atoms with van der Waals surface area (Å²) in [7, 11) is 1.78. The Morgan fingerprint density at radius 1 is 1.22 bits per heavy atom. The van der Waals surface area contributed by atoms with E-state index in [-0.39, 0.29) is 5.82 Å². The van der Waals surface area contributed by atoms with Gasteiger partial charge < -0.3 is 15.5 Å². The molecule has 23 heavy (non-hydrogen) atoms. The summed E-state index contributed by atoms with van der Waals surface area (Å²) < 4.78 is 12.9. The first kappa shape index (κ1) is 17.7. The minimum atomic E-state index is -0.203. The van der Waals surface area contributed by atoms with Crippen molar-refractivity contribution in [1.82, 2.24) is 15.5 Å². The molecule has 1 heterocycles. The summed E-state index contributed by atoms with van der Waals surface area (Å²) in [6.45, 7) is 7.47. The largest absolute Gasteiger partial charge is 0.356 e. The maximum Gasteiger partial charge on any atom is 0.191 e. The van der Waals surface area contributed by atoms with Gasteiger partial charge in [0.05, 0.1) is 0 Å². The Hall–Kier alpha value is -1.62. The minimum Gasteiger partial charge on any atom is -0.356 e. The van der Waals surface area contributed by atoms with Crippen LogP contribution >= 0.6 is 0 Å². The maximum absolute atomic E-state index is 12.9. The van der Waals surface area contributed by atoms with Crippen LogP contribution in [0.15, 0.2) is 29.3 Å². The molecule has 0 bridgehead atoms. The minimum absolute atomic E-state index is 0.203. The van der Waals surface area contributed by atoms with Crippen LogP contribution in [0.3, 0.4) is 0 Å². The molecule has 5 heteroatoms. The van der Waals surface area contributed by atoms with Gasteiger partial charge in [-0.2, -0.15) is 0 Å². The van der Waals surface area contributed by atoms with Crippen LogP contribution < -0.4 is 10.6 Å². The van der Waals surface area contributed by atoms with Crippen LogP contribution in [0.1, 0.15) is 31.7 Å². The van der Waals surface area contributed by atoms with E-state index in [1.165, 1.54) is 51.0 Å². The van der Waals surface area contributed by atoms with Gasteiger partial charge in [0.15, 0.2) is 5.96 Å². The standard InChI is InChI=1S/C18H29FN4/c1-3-23-12-9-15(10-13-23)8-11-21-18(20-2)22-14-16-4-6-17(19)7-5-16/h4-7,15H,3,8-14H2,1-2H3,(H2,20,21,22). The lowest BCUT2D eigenvalue weighted by Gasteiger charge is -2.31. The smallest absolute Gasteiger partial charge is 0.191 e. The second kappa shape index (κ2) is 9.50. The van der Waals surface area contributed by atoms with E-state index in [2.05, 4.69) is 27.4 Å². The summed E-state index contributed by atoms with van der Waals surface area (Å²) in [5, 5.41) is 6.64. The van der Waals surface area contributed by atoms with Crippen molar-refractivity contribution in [3.8, 4) is 0 Å². The van der Waals surface area contributed by atoms with E-state index < -0.39 is 0 Å².